The van der Waals surface area contributed by atoms with Crippen LogP contribution in [0, 0.1) is 5.92 Å². The number of hydrogen-bond acceptors (Lipinski definition) is 4. The number of nitrogens with zero attached hydrogens (tertiary/aromatic N) is 1. The van der Waals surface area contributed by atoms with Crippen LogP contribution in [0.1, 0.15) is 53.5 Å². The first-order valence-electron chi connectivity index (χ1n) is 7.92. The molecule has 0 saturated heterocycles. The van der Waals surface area contributed by atoms with Crippen LogP contribution < -0.4 is 9.46 Å². The van der Waals surface area contributed by atoms with Crippen molar-refractivity contribution in [2.75, 3.05) is 13.2 Å². The summed E-state index contributed by atoms with van der Waals surface area (Å²) in [6, 6.07) is 6.94. The Morgan fingerprint density at radius 3 is 1.91 bits per heavy atom. The third kappa shape index (κ3) is 10.1. The summed E-state index contributed by atoms with van der Waals surface area (Å²) in [6.07, 6.45) is 6.81. The van der Waals surface area contributed by atoms with Gasteiger partial charge >= 0.3 is 0 Å². The molecule has 0 aliphatic rings. The van der Waals surface area contributed by atoms with Crippen molar-refractivity contribution in [3.05, 3.63) is 30.6 Å². The van der Waals surface area contributed by atoms with Gasteiger partial charge in [-0.15, -0.1) is 0 Å². The van der Waals surface area contributed by atoms with Gasteiger partial charge in [-0.3, -0.25) is 4.57 Å². The first-order chi connectivity index (χ1) is 10.4. The Labute approximate surface area is 134 Å². The lowest BCUT2D eigenvalue weighted by Gasteiger charge is -2.20. The molecule has 1 unspecified atom stereocenters. The molecule has 128 valence electrons. The summed E-state index contributed by atoms with van der Waals surface area (Å²) in [5, 5.41) is 0. The van der Waals surface area contributed by atoms with Crippen molar-refractivity contribution in [3.63, 3.8) is 0 Å². The van der Waals surface area contributed by atoms with E-state index in [1.54, 1.807) is 13.8 Å². The summed E-state index contributed by atoms with van der Waals surface area (Å²) in [5.41, 5.74) is 0. The highest BCUT2D eigenvalue weighted by molar-refractivity contribution is 7.45. The molecule has 1 rings (SSSR count). The lowest BCUT2D eigenvalue weighted by Crippen LogP contribution is -2.38. The van der Waals surface area contributed by atoms with Gasteiger partial charge in [-0.1, -0.05) is 26.8 Å². The van der Waals surface area contributed by atoms with Crippen molar-refractivity contribution >= 4 is 7.82 Å². The molecule has 0 spiro atoms. The lowest BCUT2D eigenvalue weighted by atomic mass is 10.0. The van der Waals surface area contributed by atoms with Gasteiger partial charge in [-0.2, -0.15) is 0 Å². The molecule has 0 aliphatic heterocycles. The lowest BCUT2D eigenvalue weighted by molar-refractivity contribution is -0.724. The smallest absolute Gasteiger partial charge is 0.267 e. The van der Waals surface area contributed by atoms with E-state index in [2.05, 4.69) is 65.0 Å². The quantitative estimate of drug-likeness (QED) is 0.540. The summed E-state index contributed by atoms with van der Waals surface area (Å²) >= 11 is 0. The minimum atomic E-state index is -3.94. The predicted molar refractivity (Wildman–Crippen MR) is 86.3 cm³/mol. The molecule has 1 aromatic rings. The van der Waals surface area contributed by atoms with Gasteiger partial charge in [0.2, 0.25) is 0 Å². The highest BCUT2D eigenvalue weighted by atomic mass is 31.2. The van der Waals surface area contributed by atoms with E-state index in [-0.39, 0.29) is 13.2 Å². The van der Waals surface area contributed by atoms with Crippen LogP contribution in [0.2, 0.25) is 0 Å². The second-order valence-electron chi connectivity index (χ2n) is 5.30. The van der Waals surface area contributed by atoms with Crippen molar-refractivity contribution in [2.24, 2.45) is 5.92 Å². The fourth-order valence-corrected chi connectivity index (χ4v) is 2.76. The van der Waals surface area contributed by atoms with Crippen LogP contribution in [0.4, 0.5) is 0 Å². The second-order valence-corrected chi connectivity index (χ2v) is 6.71. The Bertz CT molecular complexity index is 415. The zero-order valence-electron chi connectivity index (χ0n) is 14.4. The highest BCUT2D eigenvalue weighted by Crippen LogP contribution is 2.37. The zero-order chi connectivity index (χ0) is 17.0. The number of pyridine rings is 1. The van der Waals surface area contributed by atoms with Crippen LogP contribution in [0.5, 0.6) is 0 Å². The number of hydrogen-bond donors (Lipinski definition) is 0. The minimum absolute atomic E-state index is 0.126. The summed E-state index contributed by atoms with van der Waals surface area (Å²) in [4.78, 5) is 10.4. The molecule has 5 nitrogen and oxygen atoms in total. The molecule has 0 amide bonds. The van der Waals surface area contributed by atoms with Gasteiger partial charge in [0.05, 0.1) is 13.2 Å². The van der Waals surface area contributed by atoms with Crippen LogP contribution in [0.15, 0.2) is 30.6 Å². The molecular formula is C16H30NO4P. The summed E-state index contributed by atoms with van der Waals surface area (Å²) in [6.45, 7) is 10.3. The highest BCUT2D eigenvalue weighted by Gasteiger charge is 2.16. The van der Waals surface area contributed by atoms with E-state index in [1.807, 2.05) is 0 Å². The van der Waals surface area contributed by atoms with Gasteiger partial charge in [0.15, 0.2) is 18.4 Å². The number of aromatic nitrogens is 1. The zero-order valence-corrected chi connectivity index (χ0v) is 15.3. The van der Waals surface area contributed by atoms with Crippen LogP contribution in [-0.4, -0.2) is 13.2 Å². The van der Waals surface area contributed by atoms with Crippen LogP contribution in [0.25, 0.3) is 0 Å². The molecule has 6 heteroatoms. The fourth-order valence-electron chi connectivity index (χ4n) is 2.05. The van der Waals surface area contributed by atoms with Crippen LogP contribution in [0.3, 0.4) is 0 Å². The van der Waals surface area contributed by atoms with E-state index < -0.39 is 7.82 Å². The number of phosphoric acid groups is 1. The van der Waals surface area contributed by atoms with Gasteiger partial charge in [0.25, 0.3) is 7.82 Å². The summed E-state index contributed by atoms with van der Waals surface area (Å²) in [7, 11) is -3.94. The molecule has 1 aromatic heterocycles. The van der Waals surface area contributed by atoms with E-state index in [0.717, 1.165) is 5.92 Å². The molecule has 0 fully saturated rings. The Morgan fingerprint density at radius 1 is 1.05 bits per heavy atom. The maximum absolute atomic E-state index is 10.4. The molecule has 1 atom stereocenters. The second kappa shape index (κ2) is 11.8. The van der Waals surface area contributed by atoms with Crippen molar-refractivity contribution in [2.45, 2.75) is 53.5 Å². The third-order valence-electron chi connectivity index (χ3n) is 2.95. The number of phosphoric ester groups is 1. The molecule has 0 bridgehead atoms. The molecule has 0 saturated carbocycles. The monoisotopic (exact) mass is 331 g/mol. The maximum Gasteiger partial charge on any atom is 0.267 e. The van der Waals surface area contributed by atoms with Gasteiger partial charge < -0.3 is 13.9 Å². The number of rotatable bonds is 8. The molecule has 1 heterocycles. The Hall–Kier alpha value is -0.740. The molecule has 0 aliphatic carbocycles. The van der Waals surface area contributed by atoms with Crippen molar-refractivity contribution in [1.29, 1.82) is 0 Å². The summed E-state index contributed by atoms with van der Waals surface area (Å²) in [5.74, 6) is 0.776. The van der Waals surface area contributed by atoms with Gasteiger partial charge in [-0.25, -0.2) is 4.57 Å². The third-order valence-corrected chi connectivity index (χ3v) is 4.10. The molecule has 0 radical (unpaired) electrons. The summed E-state index contributed by atoms with van der Waals surface area (Å²) < 4.78 is 21.2. The Balaban J connectivity index is 0.000000433. The topological polar surface area (TPSA) is 62.5 Å². The average molecular weight is 331 g/mol. The molecule has 0 aromatic carbocycles. The fraction of sp³-hybridized carbons (Fsp3) is 0.688. The van der Waals surface area contributed by atoms with Crippen LogP contribution in [-0.2, 0) is 13.6 Å². The SMILES string of the molecule is CCC(CC(C)C)[n+]1ccccc1.CCOP(=O)([O-])OCC. The van der Waals surface area contributed by atoms with E-state index in [0.29, 0.717) is 6.04 Å². The Kier molecular flexibility index (Phi) is 11.4. The van der Waals surface area contributed by atoms with E-state index >= 15 is 0 Å². The van der Waals surface area contributed by atoms with Gasteiger partial charge in [0.1, 0.15) is 0 Å². The minimum Gasteiger partial charge on any atom is -0.756 e. The van der Waals surface area contributed by atoms with Gasteiger partial charge in [0, 0.05) is 25.0 Å². The van der Waals surface area contributed by atoms with Crippen molar-refractivity contribution in [1.82, 2.24) is 0 Å². The van der Waals surface area contributed by atoms with E-state index in [1.165, 1.54) is 12.8 Å². The predicted octanol–water partition coefficient (Wildman–Crippen LogP) is 3.50. The largest absolute Gasteiger partial charge is 0.756 e. The molecule has 22 heavy (non-hydrogen) atoms. The van der Waals surface area contributed by atoms with Crippen molar-refractivity contribution < 1.29 is 23.1 Å². The van der Waals surface area contributed by atoms with E-state index in [9.17, 15) is 9.46 Å². The van der Waals surface area contributed by atoms with E-state index in [4.69, 9.17) is 0 Å². The first kappa shape index (κ1) is 21.3. The molecule has 0 N–H and O–H groups in total. The molecular weight excluding hydrogens is 301 g/mol. The average Bonchev–Trinajstić information content (AvgIpc) is 2.46. The maximum atomic E-state index is 10.4. The Morgan fingerprint density at radius 2 is 1.55 bits per heavy atom. The van der Waals surface area contributed by atoms with Crippen LogP contribution >= 0.6 is 7.82 Å². The normalized spacial score (nSPS) is 12.7. The van der Waals surface area contributed by atoms with Gasteiger partial charge in [-0.05, 0) is 19.8 Å². The first-order valence-corrected chi connectivity index (χ1v) is 9.38. The van der Waals surface area contributed by atoms with Crippen molar-refractivity contribution in [3.8, 4) is 0 Å². The standard InChI is InChI=1S/C12H20N.C4H11O4P/c1-4-12(10-11(2)3)13-8-6-5-7-9-13;1-3-7-9(5,6)8-4-2/h5-9,11-12H,4,10H2,1-3H3;3-4H2,1-2H3,(H,5,6)/q+1;/p-1.